The largest absolute Gasteiger partial charge is 0.270 e. The molecule has 3 nitrogen and oxygen atoms in total. The van der Waals surface area contributed by atoms with E-state index in [4.69, 9.17) is 23.2 Å². The smallest absolute Gasteiger partial charge is 0.258 e. The van der Waals surface area contributed by atoms with Gasteiger partial charge in [0.05, 0.1) is 9.95 Å². The predicted molar refractivity (Wildman–Crippen MR) is 60.6 cm³/mol. The van der Waals surface area contributed by atoms with E-state index in [9.17, 15) is 10.1 Å². The molecule has 0 fully saturated rings. The molecule has 2 aromatic carbocycles. The highest BCUT2D eigenvalue weighted by atomic mass is 35.5. The fraction of sp³-hybridized carbons (Fsp3) is 0. The number of rotatable bonds is 1. The first kappa shape index (κ1) is 10.2. The van der Waals surface area contributed by atoms with Crippen LogP contribution in [0.15, 0.2) is 30.3 Å². The summed E-state index contributed by atoms with van der Waals surface area (Å²) in [7, 11) is 0. The molecule has 76 valence electrons. The maximum absolute atomic E-state index is 10.6. The Morgan fingerprint density at radius 1 is 1.13 bits per heavy atom. The van der Waals surface area contributed by atoms with Gasteiger partial charge >= 0.3 is 0 Å². The highest BCUT2D eigenvalue weighted by Gasteiger charge is 2.08. The van der Waals surface area contributed by atoms with Crippen molar-refractivity contribution >= 4 is 39.7 Å². The van der Waals surface area contributed by atoms with Crippen molar-refractivity contribution in [1.29, 1.82) is 0 Å². The van der Waals surface area contributed by atoms with Gasteiger partial charge in [-0.1, -0.05) is 23.2 Å². The van der Waals surface area contributed by atoms with Gasteiger partial charge in [-0.05, 0) is 23.6 Å². The summed E-state index contributed by atoms with van der Waals surface area (Å²) in [6.45, 7) is 0. The molecule has 0 N–H and O–H groups in total. The van der Waals surface area contributed by atoms with E-state index in [0.717, 1.165) is 5.39 Å². The highest BCUT2D eigenvalue weighted by molar-refractivity contribution is 6.38. The lowest BCUT2D eigenvalue weighted by atomic mass is 10.1. The van der Waals surface area contributed by atoms with Crippen molar-refractivity contribution in [3.8, 4) is 0 Å². The number of halogens is 2. The van der Waals surface area contributed by atoms with Crippen LogP contribution in [0.5, 0.6) is 0 Å². The summed E-state index contributed by atoms with van der Waals surface area (Å²) in [6.07, 6.45) is 0. The van der Waals surface area contributed by atoms with Crippen molar-refractivity contribution in [3.05, 3.63) is 50.5 Å². The van der Waals surface area contributed by atoms with Crippen LogP contribution in [0.1, 0.15) is 0 Å². The second-order valence-electron chi connectivity index (χ2n) is 3.05. The van der Waals surface area contributed by atoms with Crippen molar-refractivity contribution in [3.63, 3.8) is 0 Å². The zero-order valence-electron chi connectivity index (χ0n) is 7.41. The lowest BCUT2D eigenvalue weighted by Gasteiger charge is -2.01. The van der Waals surface area contributed by atoms with Gasteiger partial charge in [0.1, 0.15) is 0 Å². The van der Waals surface area contributed by atoms with Crippen LogP contribution in [-0.4, -0.2) is 4.92 Å². The maximum Gasteiger partial charge on any atom is 0.270 e. The van der Waals surface area contributed by atoms with Crippen molar-refractivity contribution in [2.75, 3.05) is 0 Å². The molecule has 0 aliphatic heterocycles. The maximum atomic E-state index is 10.6. The molecule has 0 heterocycles. The molecule has 0 spiro atoms. The number of nitro groups is 1. The lowest BCUT2D eigenvalue weighted by molar-refractivity contribution is -0.384. The Kier molecular flexibility index (Phi) is 2.50. The number of hydrogen-bond donors (Lipinski definition) is 0. The first-order chi connectivity index (χ1) is 7.08. The third-order valence-corrected chi connectivity index (χ3v) is 2.59. The molecule has 0 atom stereocenters. The first-order valence-corrected chi connectivity index (χ1v) is 4.87. The second kappa shape index (κ2) is 3.68. The molecule has 15 heavy (non-hydrogen) atoms. The number of fused-ring (bicyclic) bond motifs is 1. The standard InChI is InChI=1S/C10H5Cl2NO2/c11-7-3-6-1-2-8(13(14)15)5-9(6)10(12)4-7/h1-5H. The summed E-state index contributed by atoms with van der Waals surface area (Å²) in [5.41, 5.74) is 0.0201. The van der Waals surface area contributed by atoms with Crippen molar-refractivity contribution in [2.45, 2.75) is 0 Å². The number of hydrogen-bond acceptors (Lipinski definition) is 2. The fourth-order valence-corrected chi connectivity index (χ4v) is 1.94. The average Bonchev–Trinajstić information content (AvgIpc) is 2.16. The Bertz CT molecular complexity index is 554. The van der Waals surface area contributed by atoms with Crippen LogP contribution >= 0.6 is 23.2 Å². The van der Waals surface area contributed by atoms with E-state index in [1.54, 1.807) is 18.2 Å². The SMILES string of the molecule is O=[N+]([O-])c1ccc2cc(Cl)cc(Cl)c2c1. The fourth-order valence-electron chi connectivity index (χ4n) is 1.38. The molecule has 5 heteroatoms. The van der Waals surface area contributed by atoms with Crippen LogP contribution in [0.2, 0.25) is 10.0 Å². The van der Waals surface area contributed by atoms with Gasteiger partial charge in [0, 0.05) is 22.5 Å². The molecule has 2 aromatic rings. The average molecular weight is 242 g/mol. The summed E-state index contributed by atoms with van der Waals surface area (Å²) in [5.74, 6) is 0. The predicted octanol–water partition coefficient (Wildman–Crippen LogP) is 4.05. The molecule has 0 bridgehead atoms. The molecule has 0 aromatic heterocycles. The van der Waals surface area contributed by atoms with Crippen LogP contribution in [0.4, 0.5) is 5.69 Å². The monoisotopic (exact) mass is 241 g/mol. The van der Waals surface area contributed by atoms with Gasteiger partial charge < -0.3 is 0 Å². The van der Waals surface area contributed by atoms with E-state index >= 15 is 0 Å². The van der Waals surface area contributed by atoms with Crippen molar-refractivity contribution < 1.29 is 4.92 Å². The lowest BCUT2D eigenvalue weighted by Crippen LogP contribution is -1.87. The van der Waals surface area contributed by atoms with Crippen LogP contribution in [0.25, 0.3) is 10.8 Å². The molecule has 0 unspecified atom stereocenters. The van der Waals surface area contributed by atoms with Gasteiger partial charge in [0.15, 0.2) is 0 Å². The molecular formula is C10H5Cl2NO2. The van der Waals surface area contributed by atoms with Crippen molar-refractivity contribution in [2.24, 2.45) is 0 Å². The topological polar surface area (TPSA) is 43.1 Å². The summed E-state index contributed by atoms with van der Waals surface area (Å²) in [4.78, 5) is 10.1. The van der Waals surface area contributed by atoms with E-state index in [2.05, 4.69) is 0 Å². The van der Waals surface area contributed by atoms with Gasteiger partial charge in [0.2, 0.25) is 0 Å². The molecule has 0 amide bonds. The van der Waals surface area contributed by atoms with Gasteiger partial charge in [-0.3, -0.25) is 10.1 Å². The zero-order valence-corrected chi connectivity index (χ0v) is 8.92. The molecule has 0 saturated carbocycles. The van der Waals surface area contributed by atoms with Crippen LogP contribution in [0, 0.1) is 10.1 Å². The Morgan fingerprint density at radius 3 is 2.53 bits per heavy atom. The number of non-ortho nitro benzene ring substituents is 1. The van der Waals surface area contributed by atoms with Gasteiger partial charge in [-0.2, -0.15) is 0 Å². The molecule has 0 saturated heterocycles. The van der Waals surface area contributed by atoms with Crippen LogP contribution < -0.4 is 0 Å². The normalized spacial score (nSPS) is 10.5. The quantitative estimate of drug-likeness (QED) is 0.559. The Morgan fingerprint density at radius 2 is 1.87 bits per heavy atom. The first-order valence-electron chi connectivity index (χ1n) is 4.11. The minimum absolute atomic E-state index is 0.0201. The molecular weight excluding hydrogens is 237 g/mol. The summed E-state index contributed by atoms with van der Waals surface area (Å²) in [5, 5.41) is 12.9. The van der Waals surface area contributed by atoms with E-state index < -0.39 is 4.92 Å². The summed E-state index contributed by atoms with van der Waals surface area (Å²) in [6, 6.07) is 7.77. The minimum Gasteiger partial charge on any atom is -0.258 e. The van der Waals surface area contributed by atoms with E-state index in [1.165, 1.54) is 12.1 Å². The van der Waals surface area contributed by atoms with E-state index in [0.29, 0.717) is 15.4 Å². The number of nitro benzene ring substituents is 1. The molecule has 0 radical (unpaired) electrons. The number of benzene rings is 2. The molecule has 2 rings (SSSR count). The van der Waals surface area contributed by atoms with E-state index in [-0.39, 0.29) is 5.69 Å². The Labute approximate surface area is 95.4 Å². The van der Waals surface area contributed by atoms with Crippen LogP contribution in [0.3, 0.4) is 0 Å². The van der Waals surface area contributed by atoms with Crippen molar-refractivity contribution in [1.82, 2.24) is 0 Å². The third-order valence-electron chi connectivity index (χ3n) is 2.06. The minimum atomic E-state index is -0.454. The van der Waals surface area contributed by atoms with Crippen LogP contribution in [-0.2, 0) is 0 Å². The molecule has 0 aliphatic carbocycles. The van der Waals surface area contributed by atoms with E-state index in [1.807, 2.05) is 0 Å². The second-order valence-corrected chi connectivity index (χ2v) is 3.89. The Hall–Kier alpha value is -1.32. The summed E-state index contributed by atoms with van der Waals surface area (Å²) >= 11 is 11.7. The molecule has 0 aliphatic rings. The number of nitrogens with zero attached hydrogens (tertiary/aromatic N) is 1. The summed E-state index contributed by atoms with van der Waals surface area (Å²) < 4.78 is 0. The highest BCUT2D eigenvalue weighted by Crippen LogP contribution is 2.30. The zero-order chi connectivity index (χ0) is 11.0. The van der Waals surface area contributed by atoms with Gasteiger partial charge in [-0.25, -0.2) is 0 Å². The third kappa shape index (κ3) is 1.89. The van der Waals surface area contributed by atoms with Gasteiger partial charge in [0.25, 0.3) is 5.69 Å². The Balaban J connectivity index is 2.76. The van der Waals surface area contributed by atoms with Gasteiger partial charge in [-0.15, -0.1) is 0 Å².